The summed E-state index contributed by atoms with van der Waals surface area (Å²) in [5, 5.41) is 8.91. The molecule has 0 radical (unpaired) electrons. The second kappa shape index (κ2) is 8.42. The maximum atomic E-state index is 12.0. The van der Waals surface area contributed by atoms with Crippen molar-refractivity contribution in [3.63, 3.8) is 0 Å². The van der Waals surface area contributed by atoms with E-state index in [2.05, 4.69) is 10.8 Å². The van der Waals surface area contributed by atoms with Crippen LogP contribution in [0.2, 0.25) is 0 Å². The van der Waals surface area contributed by atoms with Gasteiger partial charge in [0.1, 0.15) is 6.04 Å². The van der Waals surface area contributed by atoms with Gasteiger partial charge in [0.2, 0.25) is 15.9 Å². The SMILES string of the molecule is CS(=O)(=O)NCCC[C@H](N)C(=O)N1CCC[C@H]1C#N.Cl. The Hall–Kier alpha value is -0.880. The Labute approximate surface area is 126 Å². The standard InChI is InChI=1S/C11H20N4O3S.ClH/c1-19(17,18)14-6-2-5-10(13)11(16)15-7-3-4-9(15)8-12;/h9-10,14H,2-7,13H2,1H3;1H/t9-,10-;/m0./s1. The predicted octanol–water partition coefficient (Wildman–Crippen LogP) is -0.421. The Morgan fingerprint density at radius 1 is 1.60 bits per heavy atom. The lowest BCUT2D eigenvalue weighted by Gasteiger charge is -2.23. The number of sulfonamides is 1. The van der Waals surface area contributed by atoms with E-state index in [0.717, 1.165) is 12.7 Å². The van der Waals surface area contributed by atoms with Crippen molar-refractivity contribution in [1.29, 1.82) is 5.26 Å². The van der Waals surface area contributed by atoms with Gasteiger partial charge in [-0.05, 0) is 25.7 Å². The monoisotopic (exact) mass is 324 g/mol. The van der Waals surface area contributed by atoms with Crippen LogP contribution in [0.5, 0.6) is 0 Å². The molecule has 20 heavy (non-hydrogen) atoms. The summed E-state index contributed by atoms with van der Waals surface area (Å²) in [6.07, 6.45) is 3.50. The number of carbonyl (C=O) groups is 1. The summed E-state index contributed by atoms with van der Waals surface area (Å²) in [4.78, 5) is 13.5. The van der Waals surface area contributed by atoms with Crippen molar-refractivity contribution in [2.75, 3.05) is 19.3 Å². The first-order chi connectivity index (χ1) is 8.85. The molecular formula is C11H21ClN4O3S. The lowest BCUT2D eigenvalue weighted by molar-refractivity contribution is -0.132. The second-order valence-electron chi connectivity index (χ2n) is 4.73. The molecule has 1 aliphatic rings. The Kier molecular flexibility index (Phi) is 8.05. The first-order valence-corrected chi connectivity index (χ1v) is 8.14. The average molecular weight is 325 g/mol. The highest BCUT2D eigenvalue weighted by Crippen LogP contribution is 2.17. The Balaban J connectivity index is 0.00000361. The number of nitrogens with zero attached hydrogens (tertiary/aromatic N) is 2. The van der Waals surface area contributed by atoms with Crippen LogP contribution in [-0.2, 0) is 14.8 Å². The first kappa shape index (κ1) is 19.1. The van der Waals surface area contributed by atoms with Crippen LogP contribution in [0, 0.1) is 11.3 Å². The van der Waals surface area contributed by atoms with Gasteiger partial charge in [-0.15, -0.1) is 12.4 Å². The number of halogens is 1. The van der Waals surface area contributed by atoms with Gasteiger partial charge in [0.15, 0.2) is 0 Å². The summed E-state index contributed by atoms with van der Waals surface area (Å²) < 4.78 is 24.0. The lowest BCUT2D eigenvalue weighted by atomic mass is 10.1. The summed E-state index contributed by atoms with van der Waals surface area (Å²) in [6, 6.07) is 1.06. The maximum Gasteiger partial charge on any atom is 0.240 e. The van der Waals surface area contributed by atoms with E-state index < -0.39 is 16.1 Å². The quantitative estimate of drug-likeness (QED) is 0.644. The number of carbonyl (C=O) groups excluding carboxylic acids is 1. The zero-order valence-electron chi connectivity index (χ0n) is 11.4. The Bertz CT molecular complexity index is 463. The molecule has 7 nitrogen and oxygen atoms in total. The molecule has 1 heterocycles. The minimum Gasteiger partial charge on any atom is -0.325 e. The van der Waals surface area contributed by atoms with E-state index in [0.29, 0.717) is 25.8 Å². The molecule has 1 aliphatic heterocycles. The van der Waals surface area contributed by atoms with Gasteiger partial charge in [0.25, 0.3) is 0 Å². The summed E-state index contributed by atoms with van der Waals surface area (Å²) >= 11 is 0. The van der Waals surface area contributed by atoms with Crippen LogP contribution < -0.4 is 10.5 Å². The summed E-state index contributed by atoms with van der Waals surface area (Å²) in [5.41, 5.74) is 5.79. The van der Waals surface area contributed by atoms with Gasteiger partial charge in [-0.3, -0.25) is 4.79 Å². The van der Waals surface area contributed by atoms with E-state index in [1.54, 1.807) is 0 Å². The Morgan fingerprint density at radius 3 is 2.80 bits per heavy atom. The molecule has 1 amide bonds. The molecule has 0 aromatic rings. The van der Waals surface area contributed by atoms with E-state index >= 15 is 0 Å². The Morgan fingerprint density at radius 2 is 2.25 bits per heavy atom. The molecule has 116 valence electrons. The van der Waals surface area contributed by atoms with Gasteiger partial charge in [-0.2, -0.15) is 5.26 Å². The van der Waals surface area contributed by atoms with E-state index in [1.807, 2.05) is 0 Å². The minimum absolute atomic E-state index is 0. The van der Waals surface area contributed by atoms with Gasteiger partial charge in [-0.25, -0.2) is 13.1 Å². The van der Waals surface area contributed by atoms with Crippen LogP contribution in [0.4, 0.5) is 0 Å². The fraction of sp³-hybridized carbons (Fsp3) is 0.818. The fourth-order valence-corrected chi connectivity index (χ4v) is 2.60. The van der Waals surface area contributed by atoms with Gasteiger partial charge in [0.05, 0.1) is 18.4 Å². The van der Waals surface area contributed by atoms with Gasteiger partial charge >= 0.3 is 0 Å². The fourth-order valence-electron chi connectivity index (χ4n) is 2.08. The lowest BCUT2D eigenvalue weighted by Crippen LogP contribution is -2.45. The highest BCUT2D eigenvalue weighted by Gasteiger charge is 2.31. The van der Waals surface area contributed by atoms with Crippen molar-refractivity contribution in [3.05, 3.63) is 0 Å². The number of nitrogens with one attached hydrogen (secondary N) is 1. The number of likely N-dealkylation sites (tertiary alicyclic amines) is 1. The third kappa shape index (κ3) is 6.05. The molecule has 0 bridgehead atoms. The average Bonchev–Trinajstić information content (AvgIpc) is 2.80. The van der Waals surface area contributed by atoms with Crippen LogP contribution in [0.15, 0.2) is 0 Å². The molecular weight excluding hydrogens is 304 g/mol. The van der Waals surface area contributed by atoms with Crippen LogP contribution >= 0.6 is 12.4 Å². The molecule has 0 aliphatic carbocycles. The zero-order chi connectivity index (χ0) is 14.5. The molecule has 1 fully saturated rings. The number of rotatable bonds is 6. The van der Waals surface area contributed by atoms with Gasteiger partial charge < -0.3 is 10.6 Å². The van der Waals surface area contributed by atoms with Crippen LogP contribution in [-0.4, -0.2) is 50.7 Å². The summed E-state index contributed by atoms with van der Waals surface area (Å²) in [5.74, 6) is -0.219. The van der Waals surface area contributed by atoms with Crippen molar-refractivity contribution < 1.29 is 13.2 Å². The van der Waals surface area contributed by atoms with Gasteiger partial charge in [-0.1, -0.05) is 0 Å². The summed E-state index contributed by atoms with van der Waals surface area (Å²) in [6.45, 7) is 0.841. The maximum absolute atomic E-state index is 12.0. The van der Waals surface area contributed by atoms with Gasteiger partial charge in [0, 0.05) is 13.1 Å². The molecule has 1 rings (SSSR count). The number of nitrogens with two attached hydrogens (primary N) is 1. The zero-order valence-corrected chi connectivity index (χ0v) is 13.0. The molecule has 0 spiro atoms. The van der Waals surface area contributed by atoms with Crippen molar-refractivity contribution in [2.24, 2.45) is 5.73 Å². The van der Waals surface area contributed by atoms with Crippen molar-refractivity contribution >= 4 is 28.3 Å². The van der Waals surface area contributed by atoms with E-state index in [1.165, 1.54) is 4.90 Å². The predicted molar refractivity (Wildman–Crippen MR) is 77.7 cm³/mol. The van der Waals surface area contributed by atoms with Crippen LogP contribution in [0.25, 0.3) is 0 Å². The van der Waals surface area contributed by atoms with Crippen LogP contribution in [0.1, 0.15) is 25.7 Å². The number of hydrogen-bond donors (Lipinski definition) is 2. The molecule has 0 aromatic carbocycles. The molecule has 9 heteroatoms. The molecule has 2 atom stereocenters. The van der Waals surface area contributed by atoms with E-state index in [-0.39, 0.29) is 30.9 Å². The molecule has 3 N–H and O–H groups in total. The number of nitriles is 1. The van der Waals surface area contributed by atoms with Crippen LogP contribution in [0.3, 0.4) is 0 Å². The third-order valence-electron chi connectivity index (χ3n) is 3.06. The van der Waals surface area contributed by atoms with Crippen molar-refractivity contribution in [1.82, 2.24) is 9.62 Å². The largest absolute Gasteiger partial charge is 0.325 e. The van der Waals surface area contributed by atoms with Crippen molar-refractivity contribution in [2.45, 2.75) is 37.8 Å². The normalized spacial score (nSPS) is 20.1. The number of amides is 1. The highest BCUT2D eigenvalue weighted by atomic mass is 35.5. The topological polar surface area (TPSA) is 116 Å². The molecule has 0 saturated carbocycles. The smallest absolute Gasteiger partial charge is 0.240 e. The summed E-state index contributed by atoms with van der Waals surface area (Å²) in [7, 11) is -3.20. The number of hydrogen-bond acceptors (Lipinski definition) is 5. The molecule has 0 unspecified atom stereocenters. The molecule has 1 saturated heterocycles. The third-order valence-corrected chi connectivity index (χ3v) is 3.79. The minimum atomic E-state index is -3.20. The van der Waals surface area contributed by atoms with E-state index in [4.69, 9.17) is 11.0 Å². The first-order valence-electron chi connectivity index (χ1n) is 6.25. The second-order valence-corrected chi connectivity index (χ2v) is 6.57. The van der Waals surface area contributed by atoms with E-state index in [9.17, 15) is 13.2 Å². The molecule has 0 aromatic heterocycles. The highest BCUT2D eigenvalue weighted by molar-refractivity contribution is 7.88. The van der Waals surface area contributed by atoms with Crippen molar-refractivity contribution in [3.8, 4) is 6.07 Å².